The van der Waals surface area contributed by atoms with Crippen molar-refractivity contribution in [1.29, 1.82) is 5.26 Å². The molecule has 2 amide bonds. The van der Waals surface area contributed by atoms with E-state index in [0.717, 1.165) is 27.3 Å². The highest BCUT2D eigenvalue weighted by atomic mass is 32.1. The quantitative estimate of drug-likeness (QED) is 0.441. The summed E-state index contributed by atoms with van der Waals surface area (Å²) in [4.78, 5) is 32.6. The van der Waals surface area contributed by atoms with E-state index in [9.17, 15) is 14.9 Å². The fourth-order valence-corrected chi connectivity index (χ4v) is 5.66. The Morgan fingerprint density at radius 2 is 2.17 bits per heavy atom. The van der Waals surface area contributed by atoms with Gasteiger partial charge in [-0.3, -0.25) is 14.6 Å². The second-order valence-corrected chi connectivity index (χ2v) is 10.0. The molecule has 0 aliphatic carbocycles. The number of ether oxygens (including phenoxy) is 1. The van der Waals surface area contributed by atoms with Crippen LogP contribution in [0.3, 0.4) is 0 Å². The molecule has 1 aromatic carbocycles. The summed E-state index contributed by atoms with van der Waals surface area (Å²) < 4.78 is 5.57. The first-order valence-corrected chi connectivity index (χ1v) is 13.0. The maximum absolute atomic E-state index is 12.9. The monoisotopic (exact) mass is 502 g/mol. The van der Waals surface area contributed by atoms with Gasteiger partial charge >= 0.3 is 0 Å². The molecule has 0 saturated heterocycles. The topological polar surface area (TPSA) is 95.3 Å². The van der Waals surface area contributed by atoms with Crippen LogP contribution in [0.15, 0.2) is 48.8 Å². The molecule has 0 spiro atoms. The van der Waals surface area contributed by atoms with Gasteiger partial charge in [0.1, 0.15) is 16.8 Å². The summed E-state index contributed by atoms with van der Waals surface area (Å²) in [7, 11) is 0. The zero-order chi connectivity index (χ0) is 25.5. The number of fused-ring (bicyclic) bond motifs is 1. The minimum Gasteiger partial charge on any atom is -0.494 e. The fraction of sp³-hybridized carbons (Fsp3) is 0.357. The predicted molar refractivity (Wildman–Crippen MR) is 140 cm³/mol. The van der Waals surface area contributed by atoms with E-state index in [4.69, 9.17) is 4.74 Å². The van der Waals surface area contributed by atoms with Gasteiger partial charge in [0.15, 0.2) is 0 Å². The Kier molecular flexibility index (Phi) is 8.34. The number of amides is 2. The van der Waals surface area contributed by atoms with Crippen molar-refractivity contribution >= 4 is 28.2 Å². The van der Waals surface area contributed by atoms with Gasteiger partial charge in [-0.25, -0.2) is 0 Å². The van der Waals surface area contributed by atoms with Gasteiger partial charge in [0.2, 0.25) is 11.8 Å². The minimum atomic E-state index is -0.135. The molecular weight excluding hydrogens is 472 g/mol. The van der Waals surface area contributed by atoms with Crippen molar-refractivity contribution in [3.8, 4) is 11.8 Å². The SMILES string of the molecule is CCOc1cccc(C(C)CC(=O)Nc2sc3c(c2C#N)CCN(C(=O)CCc2cccnc2)C3)c1. The molecule has 2 aromatic heterocycles. The van der Waals surface area contributed by atoms with Crippen LogP contribution in [0.25, 0.3) is 0 Å². The normalized spacial score (nSPS) is 13.4. The van der Waals surface area contributed by atoms with Crippen molar-refractivity contribution in [1.82, 2.24) is 9.88 Å². The Hall–Kier alpha value is -3.70. The number of thiophene rings is 1. The van der Waals surface area contributed by atoms with Crippen molar-refractivity contribution in [2.75, 3.05) is 18.5 Å². The van der Waals surface area contributed by atoms with Crippen molar-refractivity contribution in [3.05, 3.63) is 75.9 Å². The largest absolute Gasteiger partial charge is 0.494 e. The number of hydrogen-bond donors (Lipinski definition) is 1. The second kappa shape index (κ2) is 11.8. The molecule has 7 nitrogen and oxygen atoms in total. The molecule has 3 heterocycles. The standard InChI is InChI=1S/C28H30N4O3S/c1-3-35-22-8-4-7-21(15-22)19(2)14-26(33)31-28-24(16-29)23-11-13-32(18-25(23)36-28)27(34)10-9-20-6-5-12-30-17-20/h4-8,12,15,17,19H,3,9-11,13-14,18H2,1-2H3,(H,31,33). The molecule has 1 aliphatic rings. The van der Waals surface area contributed by atoms with E-state index >= 15 is 0 Å². The van der Waals surface area contributed by atoms with E-state index in [1.807, 2.05) is 55.1 Å². The highest BCUT2D eigenvalue weighted by molar-refractivity contribution is 7.16. The summed E-state index contributed by atoms with van der Waals surface area (Å²) in [6, 6.07) is 13.9. The molecule has 1 N–H and O–H groups in total. The fourth-order valence-electron chi connectivity index (χ4n) is 4.43. The van der Waals surface area contributed by atoms with Gasteiger partial charge < -0.3 is 15.0 Å². The average molecular weight is 503 g/mol. The molecule has 4 rings (SSSR count). The first-order chi connectivity index (χ1) is 17.5. The number of rotatable bonds is 9. The van der Waals surface area contributed by atoms with Crippen LogP contribution in [-0.4, -0.2) is 34.8 Å². The number of aryl methyl sites for hydroxylation is 1. The van der Waals surface area contributed by atoms with Crippen LogP contribution < -0.4 is 10.1 Å². The minimum absolute atomic E-state index is 0.00143. The molecule has 0 radical (unpaired) electrons. The number of anilines is 1. The summed E-state index contributed by atoms with van der Waals surface area (Å²) >= 11 is 1.40. The van der Waals surface area contributed by atoms with Crippen molar-refractivity contribution in [3.63, 3.8) is 0 Å². The van der Waals surface area contributed by atoms with Crippen LogP contribution >= 0.6 is 11.3 Å². The molecule has 0 bridgehead atoms. The van der Waals surface area contributed by atoms with Crippen LogP contribution in [0.2, 0.25) is 0 Å². The Morgan fingerprint density at radius 3 is 2.92 bits per heavy atom. The number of nitrogens with one attached hydrogen (secondary N) is 1. The number of nitrogens with zero attached hydrogens (tertiary/aromatic N) is 3. The van der Waals surface area contributed by atoms with Crippen molar-refractivity contribution in [2.24, 2.45) is 0 Å². The highest BCUT2D eigenvalue weighted by Gasteiger charge is 2.27. The van der Waals surface area contributed by atoms with E-state index in [0.29, 0.717) is 55.9 Å². The number of nitriles is 1. The molecule has 186 valence electrons. The first kappa shape index (κ1) is 25.4. The summed E-state index contributed by atoms with van der Waals surface area (Å²) in [5.74, 6) is 0.742. The van der Waals surface area contributed by atoms with Gasteiger partial charge in [-0.15, -0.1) is 11.3 Å². The lowest BCUT2D eigenvalue weighted by Crippen LogP contribution is -2.35. The molecular formula is C28H30N4O3S. The number of hydrogen-bond acceptors (Lipinski definition) is 6. The summed E-state index contributed by atoms with van der Waals surface area (Å²) in [6.45, 7) is 5.58. The second-order valence-electron chi connectivity index (χ2n) is 8.91. The predicted octanol–water partition coefficient (Wildman–Crippen LogP) is 5.06. The van der Waals surface area contributed by atoms with Gasteiger partial charge in [-0.1, -0.05) is 25.1 Å². The maximum Gasteiger partial charge on any atom is 0.225 e. The lowest BCUT2D eigenvalue weighted by Gasteiger charge is -2.27. The van der Waals surface area contributed by atoms with Gasteiger partial charge in [0.05, 0.1) is 18.7 Å². The number of benzene rings is 1. The summed E-state index contributed by atoms with van der Waals surface area (Å²) in [6.07, 6.45) is 5.48. The van der Waals surface area contributed by atoms with E-state index in [1.165, 1.54) is 11.3 Å². The molecule has 0 saturated carbocycles. The average Bonchev–Trinajstić information content (AvgIpc) is 3.24. The number of aromatic nitrogens is 1. The third-order valence-electron chi connectivity index (χ3n) is 6.35. The number of carbonyl (C=O) groups is 2. The van der Waals surface area contributed by atoms with Gasteiger partial charge in [0.25, 0.3) is 0 Å². The van der Waals surface area contributed by atoms with Crippen LogP contribution in [0.5, 0.6) is 5.75 Å². The summed E-state index contributed by atoms with van der Waals surface area (Å²) in [5.41, 5.74) is 3.54. The number of carbonyl (C=O) groups excluding carboxylic acids is 2. The maximum atomic E-state index is 12.9. The van der Waals surface area contributed by atoms with Gasteiger partial charge in [0, 0.05) is 36.7 Å². The summed E-state index contributed by atoms with van der Waals surface area (Å²) in [5, 5.41) is 13.3. The van der Waals surface area contributed by atoms with Crippen LogP contribution in [0.4, 0.5) is 5.00 Å². The third-order valence-corrected chi connectivity index (χ3v) is 7.49. The smallest absolute Gasteiger partial charge is 0.225 e. The molecule has 0 fully saturated rings. The zero-order valence-electron chi connectivity index (χ0n) is 20.6. The lowest BCUT2D eigenvalue weighted by molar-refractivity contribution is -0.132. The van der Waals surface area contributed by atoms with Gasteiger partial charge in [-0.2, -0.15) is 5.26 Å². The molecule has 36 heavy (non-hydrogen) atoms. The van der Waals surface area contributed by atoms with E-state index in [-0.39, 0.29) is 17.7 Å². The van der Waals surface area contributed by atoms with E-state index < -0.39 is 0 Å². The molecule has 3 aromatic rings. The first-order valence-electron chi connectivity index (χ1n) is 12.2. The van der Waals surface area contributed by atoms with Crippen LogP contribution in [-0.2, 0) is 29.0 Å². The Morgan fingerprint density at radius 1 is 1.31 bits per heavy atom. The van der Waals surface area contributed by atoms with E-state index in [2.05, 4.69) is 16.4 Å². The van der Waals surface area contributed by atoms with Crippen LogP contribution in [0.1, 0.15) is 59.7 Å². The van der Waals surface area contributed by atoms with E-state index in [1.54, 1.807) is 12.4 Å². The Bertz CT molecular complexity index is 1270. The number of pyridine rings is 1. The molecule has 1 unspecified atom stereocenters. The lowest BCUT2D eigenvalue weighted by atomic mass is 9.97. The third kappa shape index (κ3) is 6.10. The highest BCUT2D eigenvalue weighted by Crippen LogP contribution is 2.37. The van der Waals surface area contributed by atoms with Crippen LogP contribution in [0, 0.1) is 11.3 Å². The van der Waals surface area contributed by atoms with Crippen molar-refractivity contribution < 1.29 is 14.3 Å². The van der Waals surface area contributed by atoms with Gasteiger partial charge in [-0.05, 0) is 60.6 Å². The zero-order valence-corrected chi connectivity index (χ0v) is 21.4. The molecule has 1 atom stereocenters. The molecule has 8 heteroatoms. The molecule has 1 aliphatic heterocycles. The Balaban J connectivity index is 1.38. The Labute approximate surface area is 215 Å². The van der Waals surface area contributed by atoms with Crippen molar-refractivity contribution in [2.45, 2.75) is 52.0 Å².